The van der Waals surface area contributed by atoms with E-state index in [1.807, 2.05) is 0 Å². The number of carbonyl (C=O) groups excluding carboxylic acids is 1. The van der Waals surface area contributed by atoms with Gasteiger partial charge in [-0.3, -0.25) is 5.26 Å². The summed E-state index contributed by atoms with van der Waals surface area (Å²) in [4.78, 5) is 14.8. The minimum absolute atomic E-state index is 0.335. The van der Waals surface area contributed by atoms with Crippen molar-refractivity contribution in [3.8, 4) is 0 Å². The topological polar surface area (TPSA) is 55.8 Å². The lowest BCUT2D eigenvalue weighted by Crippen LogP contribution is -2.07. The zero-order valence-electron chi connectivity index (χ0n) is 7.82. The Bertz CT molecular complexity index is 208. The van der Waals surface area contributed by atoms with Crippen LogP contribution in [0.1, 0.15) is 13.8 Å². The van der Waals surface area contributed by atoms with Gasteiger partial charge in [-0.05, 0) is 25.5 Å². The molecule has 4 heteroatoms. The molecule has 0 aromatic rings. The number of ether oxygens (including phenoxy) is 1. The average Bonchev–Trinajstić information content (AvgIpc) is 2.13. The largest absolute Gasteiger partial charge is 0.463 e. The summed E-state index contributed by atoms with van der Waals surface area (Å²) in [6.45, 7) is 7.24. The molecule has 1 unspecified atom stereocenters. The van der Waals surface area contributed by atoms with E-state index in [0.29, 0.717) is 12.2 Å². The molecular weight excluding hydrogens is 172 g/mol. The third kappa shape index (κ3) is 5.16. The summed E-state index contributed by atoms with van der Waals surface area (Å²) >= 11 is 0. The molecule has 0 heterocycles. The van der Waals surface area contributed by atoms with Crippen LogP contribution in [0.4, 0.5) is 0 Å². The molecule has 0 spiro atoms. The predicted octanol–water partition coefficient (Wildman–Crippen LogP) is 1.54. The van der Waals surface area contributed by atoms with Gasteiger partial charge in [0, 0.05) is 6.08 Å². The fraction of sp³-hybridized carbons (Fsp3) is 0.444. The first-order valence-corrected chi connectivity index (χ1v) is 3.95. The number of esters is 1. The van der Waals surface area contributed by atoms with Gasteiger partial charge in [0.15, 0.2) is 0 Å². The van der Waals surface area contributed by atoms with Gasteiger partial charge in [-0.25, -0.2) is 9.68 Å². The molecule has 0 rings (SSSR count). The minimum atomic E-state index is -0.523. The first kappa shape index (κ1) is 11.9. The first-order valence-electron chi connectivity index (χ1n) is 3.95. The Morgan fingerprint density at radius 2 is 2.23 bits per heavy atom. The van der Waals surface area contributed by atoms with E-state index in [2.05, 4.69) is 16.2 Å². The number of hydrogen-bond donors (Lipinski definition) is 1. The van der Waals surface area contributed by atoms with Gasteiger partial charge in [-0.1, -0.05) is 6.58 Å². The zero-order chi connectivity index (χ0) is 10.3. The normalized spacial score (nSPS) is 12.8. The maximum Gasteiger partial charge on any atom is 0.330 e. The van der Waals surface area contributed by atoms with Crippen LogP contribution in [0.15, 0.2) is 24.3 Å². The van der Waals surface area contributed by atoms with E-state index in [9.17, 15) is 4.79 Å². The Balaban J connectivity index is 3.97. The van der Waals surface area contributed by atoms with Gasteiger partial charge in [0.1, 0.15) is 6.10 Å². The molecule has 0 saturated heterocycles. The highest BCUT2D eigenvalue weighted by Gasteiger charge is 2.03. The summed E-state index contributed by atoms with van der Waals surface area (Å²) in [5, 5.41) is 8.26. The Labute approximate surface area is 77.4 Å². The van der Waals surface area contributed by atoms with Gasteiger partial charge in [-0.15, -0.1) is 0 Å². The monoisotopic (exact) mass is 186 g/mol. The van der Waals surface area contributed by atoms with Crippen molar-refractivity contribution in [2.45, 2.75) is 20.0 Å². The summed E-state index contributed by atoms with van der Waals surface area (Å²) in [6.07, 6.45) is 2.16. The lowest BCUT2D eigenvalue weighted by atomic mass is 10.2. The van der Waals surface area contributed by atoms with Crippen LogP contribution < -0.4 is 0 Å². The summed E-state index contributed by atoms with van der Waals surface area (Å²) in [7, 11) is 0. The zero-order valence-corrected chi connectivity index (χ0v) is 7.82. The van der Waals surface area contributed by atoms with E-state index in [-0.39, 0.29) is 0 Å². The Kier molecular flexibility index (Phi) is 5.84. The third-order valence-electron chi connectivity index (χ3n) is 1.40. The third-order valence-corrected chi connectivity index (χ3v) is 1.40. The molecule has 1 N–H and O–H groups in total. The molecule has 0 saturated carbocycles. The lowest BCUT2D eigenvalue weighted by Gasteiger charge is -2.05. The fourth-order valence-corrected chi connectivity index (χ4v) is 0.569. The van der Waals surface area contributed by atoms with Crippen molar-refractivity contribution in [3.05, 3.63) is 24.3 Å². The van der Waals surface area contributed by atoms with Crippen molar-refractivity contribution < 1.29 is 19.7 Å². The number of hydrogen-bond acceptors (Lipinski definition) is 4. The van der Waals surface area contributed by atoms with Crippen LogP contribution in [0.2, 0.25) is 0 Å². The highest BCUT2D eigenvalue weighted by atomic mass is 17.1. The van der Waals surface area contributed by atoms with Crippen LogP contribution in [0, 0.1) is 0 Å². The summed E-state index contributed by atoms with van der Waals surface area (Å²) in [5.74, 6) is -0.436. The molecule has 4 nitrogen and oxygen atoms in total. The van der Waals surface area contributed by atoms with Crippen LogP contribution in [0.25, 0.3) is 0 Å². The van der Waals surface area contributed by atoms with Crippen molar-refractivity contribution >= 4 is 5.97 Å². The molecule has 0 bridgehead atoms. The van der Waals surface area contributed by atoms with Crippen molar-refractivity contribution in [1.29, 1.82) is 0 Å². The number of rotatable bonds is 5. The molecule has 13 heavy (non-hydrogen) atoms. The van der Waals surface area contributed by atoms with E-state index in [1.165, 1.54) is 12.2 Å². The highest BCUT2D eigenvalue weighted by Crippen LogP contribution is 2.03. The minimum Gasteiger partial charge on any atom is -0.463 e. The van der Waals surface area contributed by atoms with Crippen molar-refractivity contribution in [1.82, 2.24) is 0 Å². The maximum absolute atomic E-state index is 10.8. The van der Waals surface area contributed by atoms with Crippen LogP contribution in [0.3, 0.4) is 0 Å². The second-order valence-corrected chi connectivity index (χ2v) is 2.41. The Hall–Kier alpha value is -1.13. The second kappa shape index (κ2) is 6.39. The van der Waals surface area contributed by atoms with Crippen LogP contribution in [-0.4, -0.2) is 23.9 Å². The van der Waals surface area contributed by atoms with Crippen molar-refractivity contribution in [2.24, 2.45) is 0 Å². The molecule has 0 aromatic heterocycles. The van der Waals surface area contributed by atoms with Crippen molar-refractivity contribution in [3.63, 3.8) is 0 Å². The first-order chi connectivity index (χ1) is 6.11. The molecule has 0 aliphatic carbocycles. The van der Waals surface area contributed by atoms with Gasteiger partial charge in [0.2, 0.25) is 0 Å². The predicted molar refractivity (Wildman–Crippen MR) is 48.1 cm³/mol. The van der Waals surface area contributed by atoms with Crippen LogP contribution in [0.5, 0.6) is 0 Å². The molecular formula is C9H14O4. The molecule has 0 fully saturated rings. The van der Waals surface area contributed by atoms with Crippen LogP contribution >= 0.6 is 0 Å². The van der Waals surface area contributed by atoms with Crippen LogP contribution in [-0.2, 0) is 14.4 Å². The second-order valence-electron chi connectivity index (χ2n) is 2.41. The smallest absolute Gasteiger partial charge is 0.330 e. The maximum atomic E-state index is 10.8. The van der Waals surface area contributed by atoms with E-state index < -0.39 is 12.1 Å². The molecule has 0 radical (unpaired) electrons. The molecule has 1 atom stereocenters. The van der Waals surface area contributed by atoms with Gasteiger partial charge in [0.25, 0.3) is 0 Å². The quantitative estimate of drug-likeness (QED) is 0.232. The van der Waals surface area contributed by atoms with E-state index in [1.54, 1.807) is 13.8 Å². The van der Waals surface area contributed by atoms with Gasteiger partial charge < -0.3 is 4.74 Å². The van der Waals surface area contributed by atoms with Gasteiger partial charge >= 0.3 is 5.97 Å². The SMILES string of the molecule is C=C(/C=C/C(=O)OCC)C(C)OO. The molecule has 74 valence electrons. The summed E-state index contributed by atoms with van der Waals surface area (Å²) in [5.41, 5.74) is 0.496. The van der Waals surface area contributed by atoms with E-state index in [0.717, 1.165) is 0 Å². The lowest BCUT2D eigenvalue weighted by molar-refractivity contribution is -0.263. The molecule has 0 aliphatic heterocycles. The average molecular weight is 186 g/mol. The van der Waals surface area contributed by atoms with Gasteiger partial charge in [-0.2, -0.15) is 0 Å². The summed E-state index contributed by atoms with van der Waals surface area (Å²) in [6, 6.07) is 0. The molecule has 0 aliphatic rings. The number of carbonyl (C=O) groups is 1. The Morgan fingerprint density at radius 1 is 1.62 bits per heavy atom. The standard InChI is InChI=1S/C9H14O4/c1-4-12-9(10)6-5-7(2)8(3)13-11/h5-6,8,11H,2,4H2,1,3H3/b6-5+. The fourth-order valence-electron chi connectivity index (χ4n) is 0.569. The highest BCUT2D eigenvalue weighted by molar-refractivity contribution is 5.82. The van der Waals surface area contributed by atoms with E-state index in [4.69, 9.17) is 5.26 Å². The Morgan fingerprint density at radius 3 is 2.69 bits per heavy atom. The summed E-state index contributed by atoms with van der Waals surface area (Å²) < 4.78 is 4.64. The molecule has 0 amide bonds. The molecule has 0 aromatic carbocycles. The van der Waals surface area contributed by atoms with Crippen molar-refractivity contribution in [2.75, 3.05) is 6.61 Å². The van der Waals surface area contributed by atoms with E-state index >= 15 is 0 Å². The van der Waals surface area contributed by atoms with Gasteiger partial charge in [0.05, 0.1) is 6.61 Å².